The van der Waals surface area contributed by atoms with Gasteiger partial charge in [-0.3, -0.25) is 4.99 Å². The van der Waals surface area contributed by atoms with E-state index in [1.807, 2.05) is 6.08 Å². The minimum Gasteiger partial charge on any atom is -0.272 e. The molecule has 8 heavy (non-hydrogen) atoms. The molecule has 1 rings (SSSR count). The van der Waals surface area contributed by atoms with E-state index in [1.165, 1.54) is 0 Å². The van der Waals surface area contributed by atoms with E-state index < -0.39 is 0 Å². The minimum absolute atomic E-state index is 0.380. The van der Waals surface area contributed by atoms with Gasteiger partial charge in [0.05, 0.1) is 11.4 Å². The van der Waals surface area contributed by atoms with Crippen LogP contribution >= 0.6 is 27.5 Å². The molecule has 0 amide bonds. The molecule has 1 nitrogen and oxygen atoms in total. The van der Waals surface area contributed by atoms with Crippen LogP contribution < -0.4 is 0 Å². The Hall–Kier alpha value is 0.180. The Balaban J connectivity index is 2.58. The number of halogens is 2. The summed E-state index contributed by atoms with van der Waals surface area (Å²) >= 11 is 8.89. The van der Waals surface area contributed by atoms with Crippen LogP contribution in [0.1, 0.15) is 0 Å². The average Bonchev–Trinajstić information content (AvgIpc) is 1.77. The summed E-state index contributed by atoms with van der Waals surface area (Å²) in [6.45, 7) is 0.759. The maximum absolute atomic E-state index is 5.52. The first-order valence-electron chi connectivity index (χ1n) is 2.31. The van der Waals surface area contributed by atoms with Crippen LogP contribution in [0.2, 0.25) is 0 Å². The van der Waals surface area contributed by atoms with Gasteiger partial charge in [-0.1, -0.05) is 33.6 Å². The van der Waals surface area contributed by atoms with Gasteiger partial charge in [0.2, 0.25) is 0 Å². The van der Waals surface area contributed by atoms with Crippen LogP contribution in [0.5, 0.6) is 0 Å². The maximum atomic E-state index is 5.52. The zero-order valence-electron chi connectivity index (χ0n) is 4.14. The molecule has 1 atom stereocenters. The molecule has 0 bridgehead atoms. The number of rotatable bonds is 0. The lowest BCUT2D eigenvalue weighted by Gasteiger charge is -2.03. The molecule has 3 heteroatoms. The lowest BCUT2D eigenvalue weighted by atomic mass is 10.3. The fourth-order valence-electron chi connectivity index (χ4n) is 0.472. The molecule has 1 aliphatic rings. The molecule has 0 saturated carbocycles. The van der Waals surface area contributed by atoms with Crippen LogP contribution in [-0.2, 0) is 0 Å². The van der Waals surface area contributed by atoms with E-state index in [-0.39, 0.29) is 0 Å². The third kappa shape index (κ3) is 1.60. The van der Waals surface area contributed by atoms with Gasteiger partial charge in [-0.15, -0.1) is 0 Å². The van der Waals surface area contributed by atoms with Crippen molar-refractivity contribution < 1.29 is 0 Å². The molecule has 0 spiro atoms. The van der Waals surface area contributed by atoms with Gasteiger partial charge in [0.1, 0.15) is 5.17 Å². The zero-order valence-corrected chi connectivity index (χ0v) is 6.48. The third-order valence-corrected chi connectivity index (χ3v) is 1.70. The van der Waals surface area contributed by atoms with Gasteiger partial charge in [0.15, 0.2) is 0 Å². The van der Waals surface area contributed by atoms with Gasteiger partial charge < -0.3 is 0 Å². The molecule has 1 heterocycles. The molecule has 0 radical (unpaired) electrons. The summed E-state index contributed by atoms with van der Waals surface area (Å²) in [5.74, 6) is 0. The van der Waals surface area contributed by atoms with Crippen molar-refractivity contribution in [1.29, 1.82) is 0 Å². The van der Waals surface area contributed by atoms with E-state index in [9.17, 15) is 0 Å². The van der Waals surface area contributed by atoms with Crippen LogP contribution in [0.15, 0.2) is 17.1 Å². The first-order valence-corrected chi connectivity index (χ1v) is 3.60. The summed E-state index contributed by atoms with van der Waals surface area (Å²) in [7, 11) is 0. The maximum Gasteiger partial charge on any atom is 0.123 e. The lowest BCUT2D eigenvalue weighted by Crippen LogP contribution is -2.04. The van der Waals surface area contributed by atoms with Gasteiger partial charge >= 0.3 is 0 Å². The fourth-order valence-corrected chi connectivity index (χ4v) is 0.911. The second-order valence-corrected chi connectivity index (χ2v) is 3.10. The van der Waals surface area contributed by atoms with Crippen molar-refractivity contribution in [2.75, 3.05) is 6.54 Å². The van der Waals surface area contributed by atoms with E-state index in [4.69, 9.17) is 11.6 Å². The first-order chi connectivity index (χ1) is 3.79. The molecule has 0 aliphatic carbocycles. The molecular formula is C5H5BrClN. The highest BCUT2D eigenvalue weighted by Gasteiger charge is 2.01. The Morgan fingerprint density at radius 1 is 1.88 bits per heavy atom. The van der Waals surface area contributed by atoms with Crippen molar-refractivity contribution in [3.8, 4) is 0 Å². The monoisotopic (exact) mass is 193 g/mol. The molecule has 0 aromatic heterocycles. The van der Waals surface area contributed by atoms with Crippen LogP contribution in [0.25, 0.3) is 0 Å². The fraction of sp³-hybridized carbons (Fsp3) is 0.400. The molecule has 0 aromatic carbocycles. The summed E-state index contributed by atoms with van der Waals surface area (Å²) in [5.41, 5.74) is 0. The largest absolute Gasteiger partial charge is 0.272 e. The summed E-state index contributed by atoms with van der Waals surface area (Å²) in [6.07, 6.45) is 3.78. The SMILES string of the molecule is ClC1=NCC(Br)C=C1. The number of allylic oxidation sites excluding steroid dienone is 1. The summed E-state index contributed by atoms with van der Waals surface area (Å²) < 4.78 is 0. The molecule has 0 fully saturated rings. The minimum atomic E-state index is 0.380. The van der Waals surface area contributed by atoms with Crippen molar-refractivity contribution in [3.05, 3.63) is 12.2 Å². The van der Waals surface area contributed by atoms with Gasteiger partial charge in [0.25, 0.3) is 0 Å². The number of dihydropyridines is 1. The third-order valence-electron chi connectivity index (χ3n) is 0.859. The van der Waals surface area contributed by atoms with E-state index >= 15 is 0 Å². The number of nitrogens with zero attached hydrogens (tertiary/aromatic N) is 1. The first kappa shape index (κ1) is 6.30. The van der Waals surface area contributed by atoms with E-state index in [0.717, 1.165) is 6.54 Å². The number of hydrogen-bond acceptors (Lipinski definition) is 1. The topological polar surface area (TPSA) is 12.4 Å². The van der Waals surface area contributed by atoms with Gasteiger partial charge in [-0.05, 0) is 6.08 Å². The van der Waals surface area contributed by atoms with Gasteiger partial charge in [0, 0.05) is 0 Å². The molecular weight excluding hydrogens is 189 g/mol. The van der Waals surface area contributed by atoms with Gasteiger partial charge in [-0.2, -0.15) is 0 Å². The smallest absolute Gasteiger partial charge is 0.123 e. The Kier molecular flexibility index (Phi) is 2.08. The second-order valence-electron chi connectivity index (χ2n) is 1.54. The molecule has 1 unspecified atom stereocenters. The lowest BCUT2D eigenvalue weighted by molar-refractivity contribution is 1.03. The van der Waals surface area contributed by atoms with E-state index in [2.05, 4.69) is 20.9 Å². The van der Waals surface area contributed by atoms with Crippen molar-refractivity contribution in [2.24, 2.45) is 4.99 Å². The Labute approximate surface area is 61.6 Å². The number of aliphatic imine (C=N–C) groups is 1. The predicted octanol–water partition coefficient (Wildman–Crippen LogP) is 1.96. The van der Waals surface area contributed by atoms with Crippen molar-refractivity contribution in [3.63, 3.8) is 0 Å². The molecule has 0 saturated heterocycles. The van der Waals surface area contributed by atoms with Crippen molar-refractivity contribution in [2.45, 2.75) is 4.83 Å². The molecule has 0 aromatic rings. The highest BCUT2D eigenvalue weighted by atomic mass is 79.9. The van der Waals surface area contributed by atoms with E-state index in [0.29, 0.717) is 10.00 Å². The standard InChI is InChI=1S/C5H5BrClN/c6-4-1-2-5(7)8-3-4/h1-2,4H,3H2. The highest BCUT2D eigenvalue weighted by molar-refractivity contribution is 9.09. The molecule has 0 N–H and O–H groups in total. The van der Waals surface area contributed by atoms with Gasteiger partial charge in [-0.25, -0.2) is 0 Å². The predicted molar refractivity (Wildman–Crippen MR) is 40.0 cm³/mol. The summed E-state index contributed by atoms with van der Waals surface area (Å²) in [4.78, 5) is 4.34. The number of hydrogen-bond donors (Lipinski definition) is 0. The molecule has 44 valence electrons. The molecule has 1 aliphatic heterocycles. The summed E-state index contributed by atoms with van der Waals surface area (Å²) in [6, 6.07) is 0. The van der Waals surface area contributed by atoms with Crippen molar-refractivity contribution in [1.82, 2.24) is 0 Å². The number of alkyl halides is 1. The van der Waals surface area contributed by atoms with Crippen LogP contribution in [-0.4, -0.2) is 16.5 Å². The van der Waals surface area contributed by atoms with Crippen LogP contribution in [0, 0.1) is 0 Å². The Morgan fingerprint density at radius 3 is 3.00 bits per heavy atom. The highest BCUT2D eigenvalue weighted by Crippen LogP contribution is 2.08. The summed E-state index contributed by atoms with van der Waals surface area (Å²) in [5, 5.41) is 0.598. The quantitative estimate of drug-likeness (QED) is 0.523. The van der Waals surface area contributed by atoms with Crippen molar-refractivity contribution >= 4 is 32.7 Å². The van der Waals surface area contributed by atoms with Crippen LogP contribution in [0.4, 0.5) is 0 Å². The average molecular weight is 194 g/mol. The Morgan fingerprint density at radius 2 is 2.62 bits per heavy atom. The Bertz CT molecular complexity index is 141. The van der Waals surface area contributed by atoms with E-state index in [1.54, 1.807) is 6.08 Å². The zero-order chi connectivity index (χ0) is 5.98. The second kappa shape index (κ2) is 2.65. The van der Waals surface area contributed by atoms with Crippen LogP contribution in [0.3, 0.4) is 0 Å². The normalized spacial score (nSPS) is 27.8.